The molecule has 2 aromatic heterocycles. The lowest BCUT2D eigenvalue weighted by Gasteiger charge is -2.04. The number of hydrogen-bond acceptors (Lipinski definition) is 3. The molecule has 0 radical (unpaired) electrons. The van der Waals surface area contributed by atoms with E-state index < -0.39 is 0 Å². The molecule has 0 unspecified atom stereocenters. The molecule has 0 saturated heterocycles. The van der Waals surface area contributed by atoms with E-state index in [1.165, 1.54) is 6.20 Å². The number of aldehydes is 1. The molecule has 2 heterocycles. The summed E-state index contributed by atoms with van der Waals surface area (Å²) in [6.07, 6.45) is 3.76. The molecule has 1 aromatic carbocycles. The van der Waals surface area contributed by atoms with Crippen molar-refractivity contribution < 1.29 is 4.79 Å². The molecule has 0 spiro atoms. The minimum Gasteiger partial charge on any atom is -0.296 e. The van der Waals surface area contributed by atoms with Crippen molar-refractivity contribution in [2.45, 2.75) is 0 Å². The highest BCUT2D eigenvalue weighted by Crippen LogP contribution is 2.28. The van der Waals surface area contributed by atoms with E-state index in [4.69, 9.17) is 11.6 Å². The Morgan fingerprint density at radius 3 is 2.67 bits per heavy atom. The zero-order valence-corrected chi connectivity index (χ0v) is 10.0. The molecule has 0 bridgehead atoms. The first-order valence-electron chi connectivity index (χ1n) is 5.33. The van der Waals surface area contributed by atoms with Gasteiger partial charge in [0.1, 0.15) is 17.0 Å². The van der Waals surface area contributed by atoms with Gasteiger partial charge in [-0.05, 0) is 0 Å². The number of nitrogens with zero attached hydrogens (tertiary/aromatic N) is 3. The lowest BCUT2D eigenvalue weighted by atomic mass is 10.1. The molecule has 18 heavy (non-hydrogen) atoms. The van der Waals surface area contributed by atoms with Crippen LogP contribution in [0.2, 0.25) is 5.02 Å². The minimum absolute atomic E-state index is 0.430. The molecule has 0 aliphatic carbocycles. The summed E-state index contributed by atoms with van der Waals surface area (Å²) >= 11 is 6.28. The molecule has 88 valence electrons. The first kappa shape index (κ1) is 10.9. The van der Waals surface area contributed by atoms with Crippen molar-refractivity contribution in [2.75, 3.05) is 0 Å². The van der Waals surface area contributed by atoms with Crippen LogP contribution in [0.5, 0.6) is 0 Å². The second-order valence-corrected chi connectivity index (χ2v) is 4.15. The van der Waals surface area contributed by atoms with E-state index in [0.717, 1.165) is 11.8 Å². The molecule has 0 atom stereocenters. The molecule has 0 amide bonds. The summed E-state index contributed by atoms with van der Waals surface area (Å²) in [5, 5.41) is 0.441. The smallest absolute Gasteiger partial charge is 0.168 e. The lowest BCUT2D eigenvalue weighted by molar-refractivity contribution is 0.111. The van der Waals surface area contributed by atoms with Gasteiger partial charge in [0.2, 0.25) is 0 Å². The van der Waals surface area contributed by atoms with Gasteiger partial charge < -0.3 is 0 Å². The summed E-state index contributed by atoms with van der Waals surface area (Å²) in [6, 6.07) is 9.61. The Morgan fingerprint density at radius 1 is 1.17 bits per heavy atom. The number of hydrogen-bond donors (Lipinski definition) is 0. The fourth-order valence-corrected chi connectivity index (χ4v) is 2.12. The maximum Gasteiger partial charge on any atom is 0.168 e. The van der Waals surface area contributed by atoms with Gasteiger partial charge in [0, 0.05) is 5.56 Å². The van der Waals surface area contributed by atoms with E-state index in [0.29, 0.717) is 22.1 Å². The third kappa shape index (κ3) is 1.58. The third-order valence-corrected chi connectivity index (χ3v) is 3.05. The number of carbonyl (C=O) groups is 1. The van der Waals surface area contributed by atoms with Gasteiger partial charge in [0.05, 0.1) is 11.9 Å². The Morgan fingerprint density at radius 2 is 1.94 bits per heavy atom. The Kier molecular flexibility index (Phi) is 2.57. The summed E-state index contributed by atoms with van der Waals surface area (Å²) in [6.45, 7) is 0. The van der Waals surface area contributed by atoms with Crippen molar-refractivity contribution in [1.29, 1.82) is 0 Å². The van der Waals surface area contributed by atoms with E-state index >= 15 is 0 Å². The fourth-order valence-electron chi connectivity index (χ4n) is 1.82. The Balaban J connectivity index is 2.27. The van der Waals surface area contributed by atoms with Crippen LogP contribution < -0.4 is 0 Å². The number of carbonyl (C=O) groups excluding carboxylic acids is 1. The lowest BCUT2D eigenvalue weighted by Crippen LogP contribution is -1.95. The second-order valence-electron chi connectivity index (χ2n) is 3.77. The summed E-state index contributed by atoms with van der Waals surface area (Å²) in [5.41, 5.74) is 2.54. The molecule has 3 rings (SSSR count). The SMILES string of the molecule is O=Cc1cnc2c(Cl)c(-c3ccccc3)ncn12. The number of rotatable bonds is 2. The molecular weight excluding hydrogens is 250 g/mol. The van der Waals surface area contributed by atoms with Crippen LogP contribution in [0.3, 0.4) is 0 Å². The van der Waals surface area contributed by atoms with Gasteiger partial charge in [-0.25, -0.2) is 9.97 Å². The Labute approximate surface area is 108 Å². The zero-order chi connectivity index (χ0) is 12.5. The Bertz CT molecular complexity index is 722. The number of fused-ring (bicyclic) bond motifs is 1. The van der Waals surface area contributed by atoms with E-state index in [2.05, 4.69) is 9.97 Å². The summed E-state index contributed by atoms with van der Waals surface area (Å²) < 4.78 is 1.57. The summed E-state index contributed by atoms with van der Waals surface area (Å²) in [7, 11) is 0. The van der Waals surface area contributed by atoms with Crippen LogP contribution in [-0.4, -0.2) is 20.7 Å². The van der Waals surface area contributed by atoms with Crippen LogP contribution in [0.1, 0.15) is 10.5 Å². The van der Waals surface area contributed by atoms with Crippen molar-refractivity contribution in [1.82, 2.24) is 14.4 Å². The molecule has 4 nitrogen and oxygen atoms in total. The Hall–Kier alpha value is -2.20. The van der Waals surface area contributed by atoms with Crippen LogP contribution in [0.25, 0.3) is 16.9 Å². The van der Waals surface area contributed by atoms with Crippen LogP contribution in [0, 0.1) is 0 Å². The average molecular weight is 258 g/mol. The highest BCUT2D eigenvalue weighted by molar-refractivity contribution is 6.36. The molecule has 0 aliphatic rings. The first-order chi connectivity index (χ1) is 8.81. The summed E-state index contributed by atoms with van der Waals surface area (Å²) in [5.74, 6) is 0. The number of halogens is 1. The number of aromatic nitrogens is 3. The molecule has 0 N–H and O–H groups in total. The predicted octanol–water partition coefficient (Wildman–Crippen LogP) is 2.86. The molecule has 3 aromatic rings. The van der Waals surface area contributed by atoms with Gasteiger partial charge in [0.25, 0.3) is 0 Å². The quantitative estimate of drug-likeness (QED) is 0.663. The van der Waals surface area contributed by atoms with Crippen molar-refractivity contribution >= 4 is 23.5 Å². The highest BCUT2D eigenvalue weighted by atomic mass is 35.5. The van der Waals surface area contributed by atoms with Gasteiger partial charge in [-0.2, -0.15) is 0 Å². The van der Waals surface area contributed by atoms with Crippen molar-refractivity contribution in [3.8, 4) is 11.3 Å². The van der Waals surface area contributed by atoms with Gasteiger partial charge in [-0.1, -0.05) is 41.9 Å². The van der Waals surface area contributed by atoms with Gasteiger partial charge in [0.15, 0.2) is 11.9 Å². The number of benzene rings is 1. The highest BCUT2D eigenvalue weighted by Gasteiger charge is 2.12. The van der Waals surface area contributed by atoms with Crippen molar-refractivity contribution in [3.05, 3.63) is 53.6 Å². The topological polar surface area (TPSA) is 47.3 Å². The van der Waals surface area contributed by atoms with Crippen molar-refractivity contribution in [2.24, 2.45) is 0 Å². The van der Waals surface area contributed by atoms with Gasteiger partial charge in [-0.3, -0.25) is 9.20 Å². The molecule has 0 fully saturated rings. The second kappa shape index (κ2) is 4.23. The van der Waals surface area contributed by atoms with E-state index in [9.17, 15) is 4.79 Å². The van der Waals surface area contributed by atoms with Gasteiger partial charge >= 0.3 is 0 Å². The van der Waals surface area contributed by atoms with Crippen molar-refractivity contribution in [3.63, 3.8) is 0 Å². The largest absolute Gasteiger partial charge is 0.296 e. The molecule has 0 saturated carbocycles. The van der Waals surface area contributed by atoms with E-state index in [1.54, 1.807) is 10.7 Å². The van der Waals surface area contributed by atoms with Crippen LogP contribution in [0.15, 0.2) is 42.9 Å². The number of imidazole rings is 1. The molecular formula is C13H8ClN3O. The minimum atomic E-state index is 0.430. The standard InChI is InChI=1S/C13H8ClN3O/c14-11-12(9-4-2-1-3-5-9)16-8-17-10(7-18)6-15-13(11)17/h1-8H. The maximum atomic E-state index is 10.8. The zero-order valence-electron chi connectivity index (χ0n) is 9.25. The molecule has 5 heteroatoms. The van der Waals surface area contributed by atoms with Gasteiger partial charge in [-0.15, -0.1) is 0 Å². The van der Waals surface area contributed by atoms with Crippen LogP contribution in [-0.2, 0) is 0 Å². The van der Waals surface area contributed by atoms with Crippen LogP contribution >= 0.6 is 11.6 Å². The summed E-state index contributed by atoms with van der Waals surface area (Å²) in [4.78, 5) is 19.2. The normalized spacial score (nSPS) is 10.7. The van der Waals surface area contributed by atoms with E-state index in [1.807, 2.05) is 30.3 Å². The third-order valence-electron chi connectivity index (χ3n) is 2.70. The van der Waals surface area contributed by atoms with E-state index in [-0.39, 0.29) is 0 Å². The monoisotopic (exact) mass is 257 g/mol. The predicted molar refractivity (Wildman–Crippen MR) is 68.8 cm³/mol. The van der Waals surface area contributed by atoms with Crippen LogP contribution in [0.4, 0.5) is 0 Å². The fraction of sp³-hybridized carbons (Fsp3) is 0. The average Bonchev–Trinajstić information content (AvgIpc) is 2.84. The maximum absolute atomic E-state index is 10.8. The molecule has 0 aliphatic heterocycles. The first-order valence-corrected chi connectivity index (χ1v) is 5.71.